The predicted molar refractivity (Wildman–Crippen MR) is 44.3 cm³/mol. The summed E-state index contributed by atoms with van der Waals surface area (Å²) in [6.07, 6.45) is 1.74. The highest BCUT2D eigenvalue weighted by molar-refractivity contribution is 6.67. The van der Waals surface area contributed by atoms with Gasteiger partial charge in [0.1, 0.15) is 0 Å². The van der Waals surface area contributed by atoms with Crippen molar-refractivity contribution in [2.45, 2.75) is 22.7 Å². The van der Waals surface area contributed by atoms with E-state index in [-0.39, 0.29) is 0 Å². The van der Waals surface area contributed by atoms with E-state index in [9.17, 15) is 0 Å². The minimum absolute atomic E-state index is 0.696. The fourth-order valence-corrected chi connectivity index (χ4v) is 1.13. The minimum Gasteiger partial charge on any atom is -0.0837 e. The van der Waals surface area contributed by atoms with Gasteiger partial charge in [-0.1, -0.05) is 47.3 Å². The van der Waals surface area contributed by atoms with Crippen LogP contribution in [0.3, 0.4) is 0 Å². The summed E-state index contributed by atoms with van der Waals surface area (Å²) in [6, 6.07) is 1.22. The number of hydrogen-bond donors (Lipinski definition) is 0. The zero-order valence-corrected chi connectivity index (χ0v) is 9.02. The topological polar surface area (TPSA) is 0 Å². The number of halogens is 3. The molecule has 0 saturated carbocycles. The molecular formula is C4H9Cl3Si. The molecule has 0 bridgehead atoms. The minimum atomic E-state index is -1.01. The molecule has 0 aromatic heterocycles. The molecule has 0 amide bonds. The third-order valence-electron chi connectivity index (χ3n) is 0.814. The van der Waals surface area contributed by atoms with E-state index in [1.54, 1.807) is 0 Å². The molecule has 4 heteroatoms. The fourth-order valence-electron chi connectivity index (χ4n) is 0.377. The van der Waals surface area contributed by atoms with Crippen LogP contribution in [0.2, 0.25) is 6.04 Å². The standard InChI is InChI=1S/C4H9Cl3Si/c5-4(6,7)2-1-3-8/h1-3H2,8H3. The van der Waals surface area contributed by atoms with Crippen LogP contribution in [0.15, 0.2) is 0 Å². The van der Waals surface area contributed by atoms with Gasteiger partial charge in [0.25, 0.3) is 0 Å². The lowest BCUT2D eigenvalue weighted by Crippen LogP contribution is -2.00. The van der Waals surface area contributed by atoms with Gasteiger partial charge in [-0.25, -0.2) is 0 Å². The molecule has 0 atom stereocenters. The van der Waals surface area contributed by atoms with Crippen molar-refractivity contribution in [2.75, 3.05) is 0 Å². The van der Waals surface area contributed by atoms with Gasteiger partial charge in [0.05, 0.1) is 0 Å². The van der Waals surface area contributed by atoms with Crippen molar-refractivity contribution in [3.05, 3.63) is 0 Å². The number of alkyl halides is 3. The molecule has 8 heavy (non-hydrogen) atoms. The van der Waals surface area contributed by atoms with Crippen molar-refractivity contribution < 1.29 is 0 Å². The van der Waals surface area contributed by atoms with E-state index in [4.69, 9.17) is 34.8 Å². The van der Waals surface area contributed by atoms with E-state index in [0.29, 0.717) is 6.42 Å². The van der Waals surface area contributed by atoms with Crippen LogP contribution in [0.4, 0.5) is 0 Å². The van der Waals surface area contributed by atoms with E-state index in [0.717, 1.165) is 6.42 Å². The molecule has 0 rings (SSSR count). The Labute approximate surface area is 67.9 Å². The van der Waals surface area contributed by atoms with Crippen molar-refractivity contribution in [2.24, 2.45) is 0 Å². The molecule has 0 nitrogen and oxygen atoms in total. The largest absolute Gasteiger partial charge is 0.190 e. The van der Waals surface area contributed by atoms with Gasteiger partial charge in [0, 0.05) is 10.2 Å². The van der Waals surface area contributed by atoms with Crippen molar-refractivity contribution in [1.29, 1.82) is 0 Å². The molecule has 0 radical (unpaired) electrons. The fraction of sp³-hybridized carbons (Fsp3) is 1.00. The maximum atomic E-state index is 5.46. The summed E-state index contributed by atoms with van der Waals surface area (Å²) in [5.74, 6) is 0. The molecular weight excluding hydrogens is 182 g/mol. The Morgan fingerprint density at radius 3 is 1.88 bits per heavy atom. The molecule has 0 fully saturated rings. The zero-order chi connectivity index (χ0) is 6.62. The summed E-state index contributed by atoms with van der Waals surface area (Å²) < 4.78 is -1.01. The summed E-state index contributed by atoms with van der Waals surface area (Å²) in [4.78, 5) is 0. The van der Waals surface area contributed by atoms with Crippen molar-refractivity contribution in [1.82, 2.24) is 0 Å². The third-order valence-corrected chi connectivity index (χ3v) is 2.09. The number of rotatable bonds is 2. The van der Waals surface area contributed by atoms with Gasteiger partial charge < -0.3 is 0 Å². The highest BCUT2D eigenvalue weighted by atomic mass is 35.6. The lowest BCUT2D eigenvalue weighted by atomic mass is 10.4. The molecule has 0 spiro atoms. The zero-order valence-electron chi connectivity index (χ0n) is 4.76. The van der Waals surface area contributed by atoms with Crippen LogP contribution in [0, 0.1) is 0 Å². The molecule has 0 aromatic carbocycles. The lowest BCUT2D eigenvalue weighted by Gasteiger charge is -2.07. The average molecular weight is 192 g/mol. The van der Waals surface area contributed by atoms with E-state index in [1.807, 2.05) is 0 Å². The van der Waals surface area contributed by atoms with Gasteiger partial charge >= 0.3 is 0 Å². The van der Waals surface area contributed by atoms with Crippen LogP contribution in [0.25, 0.3) is 0 Å². The third kappa shape index (κ3) is 7.09. The first kappa shape index (κ1) is 9.09. The van der Waals surface area contributed by atoms with Crippen LogP contribution < -0.4 is 0 Å². The summed E-state index contributed by atoms with van der Waals surface area (Å²) >= 11 is 16.4. The smallest absolute Gasteiger partial charge is 0.0837 e. The Morgan fingerprint density at radius 2 is 1.75 bits per heavy atom. The maximum Gasteiger partial charge on any atom is 0.190 e. The normalized spacial score (nSPS) is 12.4. The number of hydrogen-bond acceptors (Lipinski definition) is 0. The first-order valence-electron chi connectivity index (χ1n) is 2.63. The second kappa shape index (κ2) is 3.99. The SMILES string of the molecule is [SiH3]CCCC(Cl)(Cl)Cl. The molecule has 0 aliphatic rings. The average Bonchev–Trinajstić information content (AvgIpc) is 1.59. The first-order chi connectivity index (χ1) is 3.56. The van der Waals surface area contributed by atoms with Crippen LogP contribution in [-0.4, -0.2) is 14.0 Å². The molecule has 0 aliphatic carbocycles. The van der Waals surface area contributed by atoms with Gasteiger partial charge in [-0.05, 0) is 6.42 Å². The second-order valence-electron chi connectivity index (χ2n) is 1.72. The molecule has 50 valence electrons. The Balaban J connectivity index is 3.11. The molecule has 0 unspecified atom stereocenters. The summed E-state index contributed by atoms with van der Waals surface area (Å²) in [6.45, 7) is 0. The van der Waals surface area contributed by atoms with Crippen LogP contribution in [0.1, 0.15) is 12.8 Å². The molecule has 0 aromatic rings. The van der Waals surface area contributed by atoms with Gasteiger partial charge in [-0.15, -0.1) is 0 Å². The Kier molecular flexibility index (Phi) is 4.53. The van der Waals surface area contributed by atoms with Crippen molar-refractivity contribution in [3.63, 3.8) is 0 Å². The van der Waals surface area contributed by atoms with Gasteiger partial charge in [0.15, 0.2) is 3.79 Å². The molecule has 0 N–H and O–H groups in total. The van der Waals surface area contributed by atoms with E-state index < -0.39 is 3.79 Å². The summed E-state index contributed by atoms with van der Waals surface area (Å²) in [5, 5.41) is 0. The second-order valence-corrected chi connectivity index (χ2v) is 5.23. The Bertz CT molecular complexity index is 58.8. The van der Waals surface area contributed by atoms with Crippen LogP contribution in [-0.2, 0) is 0 Å². The van der Waals surface area contributed by atoms with Gasteiger partial charge in [0.2, 0.25) is 0 Å². The quantitative estimate of drug-likeness (QED) is 0.462. The van der Waals surface area contributed by atoms with E-state index in [2.05, 4.69) is 0 Å². The summed E-state index contributed by atoms with van der Waals surface area (Å²) in [7, 11) is 1.21. The predicted octanol–water partition coefficient (Wildman–Crippen LogP) is 1.92. The molecule has 0 aliphatic heterocycles. The molecule has 0 heterocycles. The van der Waals surface area contributed by atoms with Gasteiger partial charge in [-0.3, -0.25) is 0 Å². The van der Waals surface area contributed by atoms with Crippen LogP contribution in [0.5, 0.6) is 0 Å². The monoisotopic (exact) mass is 190 g/mol. The maximum absolute atomic E-state index is 5.46. The highest BCUT2D eigenvalue weighted by Crippen LogP contribution is 2.31. The first-order valence-corrected chi connectivity index (χ1v) is 5.18. The Hall–Kier alpha value is 1.09. The lowest BCUT2D eigenvalue weighted by molar-refractivity contribution is 0.821. The van der Waals surface area contributed by atoms with E-state index in [1.165, 1.54) is 16.3 Å². The summed E-state index contributed by atoms with van der Waals surface area (Å²) in [5.41, 5.74) is 0. The highest BCUT2D eigenvalue weighted by Gasteiger charge is 2.17. The van der Waals surface area contributed by atoms with Crippen molar-refractivity contribution >= 4 is 45.0 Å². The molecule has 0 saturated heterocycles. The van der Waals surface area contributed by atoms with E-state index >= 15 is 0 Å². The van der Waals surface area contributed by atoms with Gasteiger partial charge in [-0.2, -0.15) is 0 Å². The van der Waals surface area contributed by atoms with Crippen LogP contribution >= 0.6 is 34.8 Å². The van der Waals surface area contributed by atoms with Crippen molar-refractivity contribution in [3.8, 4) is 0 Å². The Morgan fingerprint density at radius 1 is 1.25 bits per heavy atom.